The molecule has 0 saturated carbocycles. The Bertz CT molecular complexity index is 418. The molecule has 10 atom stereocenters. The first kappa shape index (κ1) is 20.9. The topological polar surface area (TPSA) is 173 Å². The van der Waals surface area contributed by atoms with Gasteiger partial charge in [0.2, 0.25) is 0 Å². The second-order valence-corrected chi connectivity index (χ2v) is 6.17. The van der Waals surface area contributed by atoms with E-state index in [1.165, 1.54) is 14.1 Å². The van der Waals surface area contributed by atoms with Crippen LogP contribution in [0.4, 0.5) is 0 Å². The van der Waals surface area contributed by atoms with Crippen molar-refractivity contribution in [2.45, 2.75) is 61.3 Å². The lowest BCUT2D eigenvalue weighted by atomic mass is 9.95. The third kappa shape index (κ3) is 4.12. The molecule has 10 unspecified atom stereocenters. The van der Waals surface area contributed by atoms with E-state index in [9.17, 15) is 30.6 Å². The fourth-order valence-corrected chi connectivity index (χ4v) is 3.22. The van der Waals surface area contributed by atoms with E-state index in [1.54, 1.807) is 0 Å². The normalized spacial score (nSPS) is 48.5. The summed E-state index contributed by atoms with van der Waals surface area (Å²) >= 11 is 0. The van der Waals surface area contributed by atoms with Crippen LogP contribution in [0.15, 0.2) is 0 Å². The van der Waals surface area contributed by atoms with Gasteiger partial charge in [-0.2, -0.15) is 0 Å². The Morgan fingerprint density at radius 3 is 1.92 bits per heavy atom. The number of ether oxygens (including phenoxy) is 3. The second kappa shape index (κ2) is 8.97. The minimum atomic E-state index is -1.35. The summed E-state index contributed by atoms with van der Waals surface area (Å²) < 4.78 is 16.5. The van der Waals surface area contributed by atoms with Crippen molar-refractivity contribution in [1.29, 1.82) is 0 Å². The molecule has 0 aromatic rings. The Hall–Kier alpha value is -0.440. The van der Waals surface area contributed by atoms with Crippen molar-refractivity contribution in [3.05, 3.63) is 0 Å². The van der Waals surface area contributed by atoms with Crippen LogP contribution in [0.1, 0.15) is 0 Å². The van der Waals surface area contributed by atoms with Crippen LogP contribution in [-0.4, -0.2) is 119 Å². The molecule has 2 heterocycles. The molecule has 2 saturated heterocycles. The Kier molecular flexibility index (Phi) is 7.49. The maximum atomic E-state index is 10.5. The highest BCUT2D eigenvalue weighted by Gasteiger charge is 2.50. The molecule has 0 spiro atoms. The van der Waals surface area contributed by atoms with Gasteiger partial charge in [-0.15, -0.1) is 0 Å². The fourth-order valence-electron chi connectivity index (χ4n) is 3.22. The molecule has 8 N–H and O–H groups in total. The smallest absolute Gasteiger partial charge is 0.176 e. The van der Waals surface area contributed by atoms with Gasteiger partial charge in [-0.1, -0.05) is 0 Å². The Morgan fingerprint density at radius 2 is 1.40 bits per heavy atom. The average Bonchev–Trinajstić information content (AvgIpc) is 2.60. The SMILES string of the molecule is CNC1C(O)OC(CO)C(OC2OC(CO)C(O)C(O)C2NC)C1O. The third-order valence-corrected chi connectivity index (χ3v) is 4.71. The zero-order chi connectivity index (χ0) is 18.7. The highest BCUT2D eigenvalue weighted by atomic mass is 16.7. The quantitative estimate of drug-likeness (QED) is 0.226. The zero-order valence-corrected chi connectivity index (χ0v) is 14.1. The number of likely N-dealkylation sites (N-methyl/N-ethyl adjacent to an activating group) is 2. The lowest BCUT2D eigenvalue weighted by Crippen LogP contribution is -2.68. The maximum Gasteiger partial charge on any atom is 0.176 e. The van der Waals surface area contributed by atoms with Crippen LogP contribution in [0.3, 0.4) is 0 Å². The minimum absolute atomic E-state index is 0.527. The summed E-state index contributed by atoms with van der Waals surface area (Å²) in [6, 6.07) is -1.72. The molecular formula is C14H28N2O9. The van der Waals surface area contributed by atoms with E-state index in [0.717, 1.165) is 0 Å². The number of hydrogen-bond donors (Lipinski definition) is 8. The maximum absolute atomic E-state index is 10.5. The Balaban J connectivity index is 2.18. The molecule has 2 aliphatic heterocycles. The van der Waals surface area contributed by atoms with E-state index in [2.05, 4.69) is 10.6 Å². The molecule has 2 fully saturated rings. The van der Waals surface area contributed by atoms with Gasteiger partial charge in [0, 0.05) is 0 Å². The molecule has 0 aromatic heterocycles. The van der Waals surface area contributed by atoms with Gasteiger partial charge in [0.05, 0.1) is 25.3 Å². The Labute approximate surface area is 145 Å². The van der Waals surface area contributed by atoms with Crippen LogP contribution < -0.4 is 10.6 Å². The van der Waals surface area contributed by atoms with E-state index < -0.39 is 74.5 Å². The van der Waals surface area contributed by atoms with Gasteiger partial charge < -0.3 is 55.5 Å². The lowest BCUT2D eigenvalue weighted by molar-refractivity contribution is -0.328. The summed E-state index contributed by atoms with van der Waals surface area (Å²) in [5.74, 6) is 0. The summed E-state index contributed by atoms with van der Waals surface area (Å²) in [6.45, 7) is -1.07. The molecule has 0 bridgehead atoms. The predicted octanol–water partition coefficient (Wildman–Crippen LogP) is -4.94. The first-order valence-corrected chi connectivity index (χ1v) is 8.14. The van der Waals surface area contributed by atoms with Gasteiger partial charge in [-0.05, 0) is 14.1 Å². The minimum Gasteiger partial charge on any atom is -0.394 e. The Morgan fingerprint density at radius 1 is 0.800 bits per heavy atom. The van der Waals surface area contributed by atoms with Crippen LogP contribution in [0.2, 0.25) is 0 Å². The van der Waals surface area contributed by atoms with E-state index in [-0.39, 0.29) is 0 Å². The summed E-state index contributed by atoms with van der Waals surface area (Å²) in [4.78, 5) is 0. The average molecular weight is 368 g/mol. The highest BCUT2D eigenvalue weighted by molar-refractivity contribution is 4.97. The van der Waals surface area contributed by atoms with Crippen LogP contribution in [0.25, 0.3) is 0 Å². The lowest BCUT2D eigenvalue weighted by Gasteiger charge is -2.47. The number of aliphatic hydroxyl groups is 6. The summed E-state index contributed by atoms with van der Waals surface area (Å²) in [7, 11) is 3.04. The largest absolute Gasteiger partial charge is 0.394 e. The van der Waals surface area contributed by atoms with Crippen molar-refractivity contribution in [1.82, 2.24) is 10.6 Å². The standard InChI is InChI=1S/C14H28N2O9/c1-15-7-11(21)12(6(4-18)23-13(7)22)25-14-8(16-2)10(20)9(19)5(3-17)24-14/h5-22H,3-4H2,1-2H3. The number of aliphatic hydroxyl groups excluding tert-OH is 6. The molecule has 11 heteroatoms. The molecule has 0 radical (unpaired) electrons. The van der Waals surface area contributed by atoms with Crippen LogP contribution in [0.5, 0.6) is 0 Å². The fraction of sp³-hybridized carbons (Fsp3) is 1.00. The number of nitrogens with one attached hydrogen (secondary N) is 2. The first-order valence-electron chi connectivity index (χ1n) is 8.14. The van der Waals surface area contributed by atoms with Crippen LogP contribution in [-0.2, 0) is 14.2 Å². The molecular weight excluding hydrogens is 340 g/mol. The van der Waals surface area contributed by atoms with Crippen LogP contribution >= 0.6 is 0 Å². The molecule has 11 nitrogen and oxygen atoms in total. The molecule has 0 aliphatic carbocycles. The number of rotatable bonds is 6. The number of hydrogen-bond acceptors (Lipinski definition) is 11. The van der Waals surface area contributed by atoms with Gasteiger partial charge in [-0.25, -0.2) is 0 Å². The predicted molar refractivity (Wildman–Crippen MR) is 82.3 cm³/mol. The van der Waals surface area contributed by atoms with Crippen molar-refractivity contribution in [3.8, 4) is 0 Å². The first-order chi connectivity index (χ1) is 11.9. The monoisotopic (exact) mass is 368 g/mol. The van der Waals surface area contributed by atoms with Gasteiger partial charge >= 0.3 is 0 Å². The van der Waals surface area contributed by atoms with E-state index >= 15 is 0 Å². The molecule has 2 aliphatic rings. The van der Waals surface area contributed by atoms with Crippen molar-refractivity contribution < 1.29 is 44.8 Å². The molecule has 25 heavy (non-hydrogen) atoms. The van der Waals surface area contributed by atoms with Crippen molar-refractivity contribution >= 4 is 0 Å². The second-order valence-electron chi connectivity index (χ2n) is 6.17. The summed E-state index contributed by atoms with van der Waals surface area (Å²) in [5, 5.41) is 64.7. The van der Waals surface area contributed by atoms with Crippen molar-refractivity contribution in [2.75, 3.05) is 27.3 Å². The third-order valence-electron chi connectivity index (χ3n) is 4.71. The van der Waals surface area contributed by atoms with Gasteiger partial charge in [0.25, 0.3) is 0 Å². The summed E-state index contributed by atoms with van der Waals surface area (Å²) in [6.07, 6.45) is -9.56. The molecule has 148 valence electrons. The molecule has 0 amide bonds. The van der Waals surface area contributed by atoms with Gasteiger partial charge in [-0.3, -0.25) is 0 Å². The van der Waals surface area contributed by atoms with Crippen LogP contribution in [0, 0.1) is 0 Å². The van der Waals surface area contributed by atoms with E-state index in [1.807, 2.05) is 0 Å². The highest BCUT2D eigenvalue weighted by Crippen LogP contribution is 2.28. The zero-order valence-electron chi connectivity index (χ0n) is 14.1. The van der Waals surface area contributed by atoms with Gasteiger partial charge in [0.15, 0.2) is 12.6 Å². The van der Waals surface area contributed by atoms with Crippen molar-refractivity contribution in [3.63, 3.8) is 0 Å². The van der Waals surface area contributed by atoms with E-state index in [0.29, 0.717) is 0 Å². The summed E-state index contributed by atoms with van der Waals surface area (Å²) in [5.41, 5.74) is 0. The molecule has 0 aromatic carbocycles. The van der Waals surface area contributed by atoms with E-state index in [4.69, 9.17) is 14.2 Å². The van der Waals surface area contributed by atoms with Gasteiger partial charge in [0.1, 0.15) is 36.6 Å². The molecule has 2 rings (SSSR count). The van der Waals surface area contributed by atoms with Crippen molar-refractivity contribution in [2.24, 2.45) is 0 Å².